The second-order valence-corrected chi connectivity index (χ2v) is 7.67. The highest BCUT2D eigenvalue weighted by Gasteiger charge is 2.12. The lowest BCUT2D eigenvalue weighted by atomic mass is 10.2. The van der Waals surface area contributed by atoms with Gasteiger partial charge in [-0.15, -0.1) is 0 Å². The number of para-hydroxylation sites is 1. The minimum atomic E-state index is -0.167. The van der Waals surface area contributed by atoms with Crippen LogP contribution in [0.2, 0.25) is 0 Å². The highest BCUT2D eigenvalue weighted by Crippen LogP contribution is 2.22. The van der Waals surface area contributed by atoms with Crippen molar-refractivity contribution in [2.45, 2.75) is 34.3 Å². The topological polar surface area (TPSA) is 90.6 Å². The molecule has 2 heterocycles. The van der Waals surface area contributed by atoms with Crippen molar-refractivity contribution < 1.29 is 14.3 Å². The normalized spacial score (nSPS) is 10.2. The number of pyridine rings is 2. The molecule has 0 unspecified atom stereocenters. The SMILES string of the molecule is CC.CC(C)=C(CN(C)C(=O)/C=C/c1cnc(N)c(OCc2cccnc2)c1)Oc1ccccc1. The molecule has 0 aliphatic rings. The van der Waals surface area contributed by atoms with E-state index in [1.165, 1.54) is 6.08 Å². The molecule has 0 bridgehead atoms. The lowest BCUT2D eigenvalue weighted by molar-refractivity contribution is -0.124. The molecule has 2 N–H and O–H groups in total. The summed E-state index contributed by atoms with van der Waals surface area (Å²) in [6.07, 6.45) is 8.19. The Hall–Kier alpha value is -4.13. The van der Waals surface area contributed by atoms with E-state index in [-0.39, 0.29) is 11.7 Å². The second kappa shape index (κ2) is 14.2. The molecule has 0 atom stereocenters. The van der Waals surface area contributed by atoms with Crippen LogP contribution < -0.4 is 15.2 Å². The summed E-state index contributed by atoms with van der Waals surface area (Å²) in [7, 11) is 1.73. The van der Waals surface area contributed by atoms with Crippen molar-refractivity contribution in [3.05, 3.63) is 95.7 Å². The van der Waals surface area contributed by atoms with Crippen LogP contribution in [0.25, 0.3) is 6.08 Å². The van der Waals surface area contributed by atoms with E-state index < -0.39 is 0 Å². The Morgan fingerprint density at radius 1 is 1.09 bits per heavy atom. The van der Waals surface area contributed by atoms with Gasteiger partial charge in [0, 0.05) is 37.3 Å². The van der Waals surface area contributed by atoms with Gasteiger partial charge in [0.1, 0.15) is 18.1 Å². The summed E-state index contributed by atoms with van der Waals surface area (Å²) in [4.78, 5) is 22.5. The van der Waals surface area contributed by atoms with E-state index in [0.717, 1.165) is 22.6 Å². The fourth-order valence-electron chi connectivity index (χ4n) is 2.83. The summed E-state index contributed by atoms with van der Waals surface area (Å²) in [5.41, 5.74) is 8.56. The van der Waals surface area contributed by atoms with Gasteiger partial charge >= 0.3 is 0 Å². The van der Waals surface area contributed by atoms with Gasteiger partial charge in [0.05, 0.1) is 6.54 Å². The zero-order chi connectivity index (χ0) is 25.6. The number of benzene rings is 1. The van der Waals surface area contributed by atoms with E-state index in [9.17, 15) is 4.79 Å². The van der Waals surface area contributed by atoms with Crippen molar-refractivity contribution in [1.29, 1.82) is 0 Å². The van der Waals surface area contributed by atoms with Gasteiger partial charge in [0.2, 0.25) is 5.91 Å². The average molecular weight is 475 g/mol. The Kier molecular flexibility index (Phi) is 11.0. The number of nitrogens with zero attached hydrogens (tertiary/aromatic N) is 3. The number of allylic oxidation sites excluding steroid dienone is 1. The van der Waals surface area contributed by atoms with Gasteiger partial charge < -0.3 is 20.1 Å². The van der Waals surface area contributed by atoms with E-state index in [2.05, 4.69) is 9.97 Å². The minimum absolute atomic E-state index is 0.167. The standard InChI is InChI=1S/C26H28N4O3.C2H6/c1-19(2)24(33-22-9-5-4-6-10-22)17-30(3)25(31)12-11-20-14-23(26(27)29-16-20)32-18-21-8-7-13-28-15-21;1-2/h4-16H,17-18H2,1-3H3,(H2,27,29);1-2H3/b12-11+;. The van der Waals surface area contributed by atoms with Gasteiger partial charge in [-0.05, 0) is 55.3 Å². The zero-order valence-corrected chi connectivity index (χ0v) is 21.1. The smallest absolute Gasteiger partial charge is 0.246 e. The Morgan fingerprint density at radius 3 is 2.49 bits per heavy atom. The molecule has 7 heteroatoms. The summed E-state index contributed by atoms with van der Waals surface area (Å²) < 4.78 is 11.7. The summed E-state index contributed by atoms with van der Waals surface area (Å²) in [6.45, 7) is 8.58. The maximum Gasteiger partial charge on any atom is 0.246 e. The van der Waals surface area contributed by atoms with Gasteiger partial charge in [-0.25, -0.2) is 4.98 Å². The molecule has 0 saturated carbocycles. The summed E-state index contributed by atoms with van der Waals surface area (Å²) in [6, 6.07) is 15.0. The van der Waals surface area contributed by atoms with Gasteiger partial charge in [-0.2, -0.15) is 0 Å². The first-order chi connectivity index (χ1) is 16.9. The number of carbonyl (C=O) groups is 1. The molecule has 3 aromatic rings. The number of amides is 1. The van der Waals surface area contributed by atoms with Gasteiger partial charge in [0.15, 0.2) is 11.6 Å². The number of aromatic nitrogens is 2. The molecule has 1 amide bonds. The van der Waals surface area contributed by atoms with Crippen molar-refractivity contribution in [2.75, 3.05) is 19.3 Å². The number of likely N-dealkylation sites (N-methyl/N-ethyl adjacent to an activating group) is 1. The first-order valence-electron chi connectivity index (χ1n) is 11.5. The van der Waals surface area contributed by atoms with E-state index in [4.69, 9.17) is 15.2 Å². The molecule has 3 rings (SSSR count). The number of carbonyl (C=O) groups excluding carboxylic acids is 1. The van der Waals surface area contributed by atoms with Gasteiger partial charge in [-0.3, -0.25) is 9.78 Å². The van der Waals surface area contributed by atoms with Crippen LogP contribution in [0.15, 0.2) is 84.5 Å². The number of nitrogens with two attached hydrogens (primary N) is 1. The Labute approximate surface area is 207 Å². The quantitative estimate of drug-likeness (QED) is 0.325. The second-order valence-electron chi connectivity index (χ2n) is 7.67. The third-order valence-electron chi connectivity index (χ3n) is 4.74. The summed E-state index contributed by atoms with van der Waals surface area (Å²) in [5.74, 6) is 2.03. The Balaban J connectivity index is 0.00000210. The van der Waals surface area contributed by atoms with Crippen LogP contribution in [-0.4, -0.2) is 34.4 Å². The molecular weight excluding hydrogens is 440 g/mol. The maximum absolute atomic E-state index is 12.7. The third-order valence-corrected chi connectivity index (χ3v) is 4.74. The van der Waals surface area contributed by atoms with Crippen molar-refractivity contribution >= 4 is 17.8 Å². The number of anilines is 1. The zero-order valence-electron chi connectivity index (χ0n) is 21.1. The summed E-state index contributed by atoms with van der Waals surface area (Å²) in [5, 5.41) is 0. The predicted molar refractivity (Wildman–Crippen MR) is 141 cm³/mol. The third kappa shape index (κ3) is 8.97. The maximum atomic E-state index is 12.7. The fraction of sp³-hybridized carbons (Fsp3) is 0.250. The Bertz CT molecular complexity index is 1130. The lowest BCUT2D eigenvalue weighted by Gasteiger charge is -2.19. The van der Waals surface area contributed by atoms with Crippen molar-refractivity contribution in [2.24, 2.45) is 0 Å². The van der Waals surface area contributed by atoms with Crippen molar-refractivity contribution in [3.63, 3.8) is 0 Å². The highest BCUT2D eigenvalue weighted by molar-refractivity contribution is 5.91. The van der Waals surface area contributed by atoms with Gasteiger partial charge in [0.25, 0.3) is 0 Å². The summed E-state index contributed by atoms with van der Waals surface area (Å²) >= 11 is 0. The van der Waals surface area contributed by atoms with E-state index in [0.29, 0.717) is 24.5 Å². The van der Waals surface area contributed by atoms with Crippen LogP contribution in [0.1, 0.15) is 38.8 Å². The molecule has 184 valence electrons. The highest BCUT2D eigenvalue weighted by atomic mass is 16.5. The average Bonchev–Trinajstić information content (AvgIpc) is 2.89. The first-order valence-corrected chi connectivity index (χ1v) is 11.5. The molecule has 0 radical (unpaired) electrons. The fourth-order valence-corrected chi connectivity index (χ4v) is 2.83. The molecule has 0 saturated heterocycles. The van der Waals surface area contributed by atoms with Gasteiger partial charge in [-0.1, -0.05) is 38.1 Å². The van der Waals surface area contributed by atoms with Crippen LogP contribution in [0.3, 0.4) is 0 Å². The van der Waals surface area contributed by atoms with Crippen molar-refractivity contribution in [1.82, 2.24) is 14.9 Å². The number of rotatable bonds is 9. The lowest BCUT2D eigenvalue weighted by Crippen LogP contribution is -2.28. The minimum Gasteiger partial charge on any atom is -0.485 e. The largest absolute Gasteiger partial charge is 0.485 e. The van der Waals surface area contributed by atoms with Crippen LogP contribution in [0.5, 0.6) is 11.5 Å². The van der Waals surface area contributed by atoms with E-state index >= 15 is 0 Å². The number of nitrogen functional groups attached to an aromatic ring is 1. The molecule has 35 heavy (non-hydrogen) atoms. The monoisotopic (exact) mass is 474 g/mol. The molecule has 1 aromatic carbocycles. The van der Waals surface area contributed by atoms with Crippen molar-refractivity contribution in [3.8, 4) is 11.5 Å². The van der Waals surface area contributed by atoms with Crippen LogP contribution in [0.4, 0.5) is 5.82 Å². The molecule has 0 fully saturated rings. The molecular formula is C28H34N4O3. The molecule has 2 aromatic heterocycles. The van der Waals surface area contributed by atoms with Crippen LogP contribution >= 0.6 is 0 Å². The predicted octanol–water partition coefficient (Wildman–Crippen LogP) is 5.51. The Morgan fingerprint density at radius 2 is 1.83 bits per heavy atom. The van der Waals surface area contributed by atoms with Crippen LogP contribution in [-0.2, 0) is 11.4 Å². The molecule has 0 aliphatic heterocycles. The molecule has 0 aliphatic carbocycles. The number of ether oxygens (including phenoxy) is 2. The first kappa shape index (κ1) is 27.1. The molecule has 0 spiro atoms. The van der Waals surface area contributed by atoms with Crippen LogP contribution in [0, 0.1) is 0 Å². The van der Waals surface area contributed by atoms with E-state index in [1.54, 1.807) is 42.7 Å². The molecule has 7 nitrogen and oxygen atoms in total. The number of hydrogen-bond donors (Lipinski definition) is 1. The van der Waals surface area contributed by atoms with E-state index in [1.807, 2.05) is 70.2 Å². The number of hydrogen-bond acceptors (Lipinski definition) is 6.